The van der Waals surface area contributed by atoms with E-state index in [1.165, 1.54) is 10.6 Å². The third-order valence-corrected chi connectivity index (χ3v) is 6.48. The molecule has 1 amide bonds. The molecule has 0 spiro atoms. The van der Waals surface area contributed by atoms with E-state index in [0.717, 1.165) is 15.9 Å². The second-order valence-electron chi connectivity index (χ2n) is 7.71. The van der Waals surface area contributed by atoms with Gasteiger partial charge in [-0.15, -0.1) is 0 Å². The van der Waals surface area contributed by atoms with Crippen molar-refractivity contribution in [2.24, 2.45) is 7.05 Å². The van der Waals surface area contributed by atoms with E-state index >= 15 is 0 Å². The molecule has 2 unspecified atom stereocenters. The highest BCUT2D eigenvalue weighted by Gasteiger charge is 2.43. The summed E-state index contributed by atoms with van der Waals surface area (Å²) in [5.74, 6) is -0.201. The summed E-state index contributed by atoms with van der Waals surface area (Å²) in [7, 11) is 3.23. The lowest BCUT2D eigenvalue weighted by atomic mass is 10.0. The zero-order valence-electron chi connectivity index (χ0n) is 17.7. The molecule has 164 valence electrons. The molecule has 0 fully saturated rings. The van der Waals surface area contributed by atoms with Gasteiger partial charge in [-0.2, -0.15) is 5.26 Å². The molecule has 1 aliphatic rings. The van der Waals surface area contributed by atoms with Gasteiger partial charge in [0, 0.05) is 20.4 Å². The number of methoxy groups -OCH3 is 1. The number of carbonyl (C=O) groups is 1. The molecule has 3 aromatic rings. The fourth-order valence-electron chi connectivity index (χ4n) is 4.19. The molecule has 7 nitrogen and oxygen atoms in total. The lowest BCUT2D eigenvalue weighted by Crippen LogP contribution is -2.31. The van der Waals surface area contributed by atoms with Crippen LogP contribution in [0.1, 0.15) is 46.2 Å². The Morgan fingerprint density at radius 2 is 1.94 bits per heavy atom. The Morgan fingerprint density at radius 3 is 2.53 bits per heavy atom. The smallest absolute Gasteiger partial charge is 0.269 e. The van der Waals surface area contributed by atoms with Gasteiger partial charge in [0.15, 0.2) is 0 Å². The molecular formula is C23H20BrClN4O3. The van der Waals surface area contributed by atoms with Gasteiger partial charge < -0.3 is 13.9 Å². The van der Waals surface area contributed by atoms with Gasteiger partial charge in [-0.3, -0.25) is 14.5 Å². The third kappa shape index (κ3) is 3.56. The van der Waals surface area contributed by atoms with Gasteiger partial charge in [0.2, 0.25) is 0 Å². The first-order chi connectivity index (χ1) is 15.3. The van der Waals surface area contributed by atoms with E-state index in [1.54, 1.807) is 37.4 Å². The van der Waals surface area contributed by atoms with Crippen molar-refractivity contribution in [1.82, 2.24) is 9.13 Å². The van der Waals surface area contributed by atoms with Gasteiger partial charge in [0.25, 0.3) is 11.5 Å². The van der Waals surface area contributed by atoms with Crippen LogP contribution in [0, 0.1) is 11.3 Å². The molecule has 1 aromatic carbocycles. The van der Waals surface area contributed by atoms with Gasteiger partial charge in [0.05, 0.1) is 45.8 Å². The van der Waals surface area contributed by atoms with Crippen molar-refractivity contribution in [2.45, 2.75) is 19.0 Å². The average Bonchev–Trinajstić information content (AvgIpc) is 3.25. The molecular weight excluding hydrogens is 496 g/mol. The largest absolute Gasteiger partial charge is 0.383 e. The number of amides is 1. The number of aromatic nitrogens is 2. The van der Waals surface area contributed by atoms with E-state index < -0.39 is 6.04 Å². The molecule has 1 aliphatic heterocycles. The van der Waals surface area contributed by atoms with Crippen LogP contribution in [0.5, 0.6) is 0 Å². The maximum absolute atomic E-state index is 13.6. The monoisotopic (exact) mass is 514 g/mol. The number of rotatable bonds is 5. The van der Waals surface area contributed by atoms with E-state index in [2.05, 4.69) is 22.0 Å². The number of hydrogen-bond donors (Lipinski definition) is 0. The maximum Gasteiger partial charge on any atom is 0.269 e. The molecule has 32 heavy (non-hydrogen) atoms. The minimum absolute atomic E-state index is 0.0322. The number of nitriles is 1. The molecule has 4 rings (SSSR count). The molecule has 0 saturated carbocycles. The number of pyridine rings is 1. The van der Waals surface area contributed by atoms with Crippen LogP contribution in [0.4, 0.5) is 5.69 Å². The Kier molecular flexibility index (Phi) is 5.99. The summed E-state index contributed by atoms with van der Waals surface area (Å²) in [6.45, 7) is 2.47. The van der Waals surface area contributed by atoms with Crippen LogP contribution in [0.2, 0.25) is 5.02 Å². The number of anilines is 1. The minimum atomic E-state index is -0.482. The number of aryl methyl sites for hydroxylation is 1. The van der Waals surface area contributed by atoms with Crippen LogP contribution in [0.25, 0.3) is 0 Å². The van der Waals surface area contributed by atoms with Crippen LogP contribution in [-0.2, 0) is 11.8 Å². The summed E-state index contributed by atoms with van der Waals surface area (Å²) in [5, 5.41) is 9.24. The summed E-state index contributed by atoms with van der Waals surface area (Å²) in [4.78, 5) is 27.4. The van der Waals surface area contributed by atoms with Gasteiger partial charge in [-0.1, -0.05) is 23.7 Å². The predicted molar refractivity (Wildman–Crippen MR) is 125 cm³/mol. The molecule has 0 aliphatic carbocycles. The van der Waals surface area contributed by atoms with Gasteiger partial charge >= 0.3 is 0 Å². The van der Waals surface area contributed by atoms with E-state index in [9.17, 15) is 14.9 Å². The van der Waals surface area contributed by atoms with Crippen LogP contribution < -0.4 is 10.5 Å². The second-order valence-corrected chi connectivity index (χ2v) is 8.93. The van der Waals surface area contributed by atoms with Crippen LogP contribution in [-0.4, -0.2) is 28.8 Å². The Morgan fingerprint density at radius 1 is 1.25 bits per heavy atom. The zero-order chi connectivity index (χ0) is 23.2. The fourth-order valence-corrected chi connectivity index (χ4v) is 5.20. The highest BCUT2D eigenvalue weighted by molar-refractivity contribution is 9.10. The van der Waals surface area contributed by atoms with Gasteiger partial charge in [-0.25, -0.2) is 0 Å². The highest BCUT2D eigenvalue weighted by Crippen LogP contribution is 2.45. The number of ether oxygens (including phenoxy) is 1. The van der Waals surface area contributed by atoms with Crippen LogP contribution >= 0.6 is 27.5 Å². The molecule has 0 bridgehead atoms. The van der Waals surface area contributed by atoms with Crippen molar-refractivity contribution in [1.29, 1.82) is 5.26 Å². The Bertz CT molecular complexity index is 1280. The standard InChI is InChI=1S/C23H20BrClN4O3/c1-13(12-32-3)28-19(24)9-17-21(28)20(15-6-4-14(10-26)5-7-15)29(22(17)30)16-8-18(25)23(31)27(2)11-16/h4-9,11,13,20H,12H2,1-3H3. The number of benzene rings is 1. The topological polar surface area (TPSA) is 80.3 Å². The van der Waals surface area contributed by atoms with E-state index in [0.29, 0.717) is 23.4 Å². The molecule has 0 radical (unpaired) electrons. The molecule has 0 N–H and O–H groups in total. The Labute approximate surface area is 198 Å². The van der Waals surface area contributed by atoms with Crippen molar-refractivity contribution in [3.8, 4) is 6.07 Å². The van der Waals surface area contributed by atoms with Crippen molar-refractivity contribution < 1.29 is 9.53 Å². The van der Waals surface area contributed by atoms with Gasteiger partial charge in [-0.05, 0) is 52.7 Å². The number of carbonyl (C=O) groups excluding carboxylic acids is 1. The Hall–Kier alpha value is -2.86. The molecule has 3 heterocycles. The quantitative estimate of drug-likeness (QED) is 0.503. The summed E-state index contributed by atoms with van der Waals surface area (Å²) in [5.41, 5.74) is 2.89. The average molecular weight is 516 g/mol. The minimum Gasteiger partial charge on any atom is -0.383 e. The summed E-state index contributed by atoms with van der Waals surface area (Å²) < 4.78 is 9.55. The van der Waals surface area contributed by atoms with Crippen molar-refractivity contribution in [2.75, 3.05) is 18.6 Å². The van der Waals surface area contributed by atoms with Crippen LogP contribution in [0.3, 0.4) is 0 Å². The van der Waals surface area contributed by atoms with Crippen molar-refractivity contribution in [3.05, 3.63) is 85.0 Å². The SMILES string of the molecule is COCC(C)n1c(Br)cc2c1C(c1ccc(C#N)cc1)N(c1cc(Cl)c(=O)n(C)c1)C2=O. The molecule has 9 heteroatoms. The highest BCUT2D eigenvalue weighted by atomic mass is 79.9. The molecule has 0 saturated heterocycles. The zero-order valence-corrected chi connectivity index (χ0v) is 20.0. The summed E-state index contributed by atoms with van der Waals surface area (Å²) in [6.07, 6.45) is 1.60. The third-order valence-electron chi connectivity index (χ3n) is 5.60. The Balaban J connectivity index is 1.96. The van der Waals surface area contributed by atoms with E-state index in [1.807, 2.05) is 29.7 Å². The first kappa shape index (κ1) is 22.3. The number of nitrogens with zero attached hydrogens (tertiary/aromatic N) is 4. The van der Waals surface area contributed by atoms with Crippen molar-refractivity contribution in [3.63, 3.8) is 0 Å². The second kappa shape index (κ2) is 8.58. The van der Waals surface area contributed by atoms with E-state index in [4.69, 9.17) is 16.3 Å². The number of hydrogen-bond acceptors (Lipinski definition) is 4. The predicted octanol–water partition coefficient (Wildman–Crippen LogP) is 4.43. The normalized spacial score (nSPS) is 16.2. The molecule has 2 aromatic heterocycles. The molecule has 2 atom stereocenters. The lowest BCUT2D eigenvalue weighted by molar-refractivity contribution is 0.0993. The van der Waals surface area contributed by atoms with Crippen molar-refractivity contribution >= 4 is 39.1 Å². The number of fused-ring (bicyclic) bond motifs is 1. The first-order valence-electron chi connectivity index (χ1n) is 9.87. The van der Waals surface area contributed by atoms with Crippen LogP contribution in [0.15, 0.2) is 52.0 Å². The lowest BCUT2D eigenvalue weighted by Gasteiger charge is -2.29. The summed E-state index contributed by atoms with van der Waals surface area (Å²) >= 11 is 9.78. The summed E-state index contributed by atoms with van der Waals surface area (Å²) in [6, 6.07) is 12.1. The first-order valence-corrected chi connectivity index (χ1v) is 11.0. The number of halogens is 2. The van der Waals surface area contributed by atoms with E-state index in [-0.39, 0.29) is 22.5 Å². The fraction of sp³-hybridized carbons (Fsp3) is 0.261. The maximum atomic E-state index is 13.6. The van der Waals surface area contributed by atoms with Gasteiger partial charge in [0.1, 0.15) is 11.1 Å².